The van der Waals surface area contributed by atoms with Crippen LogP contribution in [0.2, 0.25) is 0 Å². The molecule has 24 heavy (non-hydrogen) atoms. The van der Waals surface area contributed by atoms with Crippen LogP contribution in [0.5, 0.6) is 0 Å². The van der Waals surface area contributed by atoms with Gasteiger partial charge in [0.25, 0.3) is 0 Å². The highest BCUT2D eigenvalue weighted by Crippen LogP contribution is 2.31. The Hall–Kier alpha value is -1.34. The van der Waals surface area contributed by atoms with Gasteiger partial charge in [0, 0.05) is 22.9 Å². The van der Waals surface area contributed by atoms with Gasteiger partial charge in [-0.05, 0) is 69.4 Å². The molecule has 6 heteroatoms. The third kappa shape index (κ3) is 5.34. The molecule has 0 atom stereocenters. The topological polar surface area (TPSA) is 49.4 Å². The van der Waals surface area contributed by atoms with E-state index in [2.05, 4.69) is 36.8 Å². The molecule has 0 amide bonds. The molecule has 0 aliphatic rings. The Balaban J connectivity index is 2.08. The molecule has 0 saturated heterocycles. The minimum atomic E-state index is -3.45. The molecule has 0 heterocycles. The average Bonchev–Trinajstić information content (AvgIpc) is 2.51. The fraction of sp³-hybridized carbons (Fsp3) is 0.333. The van der Waals surface area contributed by atoms with E-state index in [1.807, 2.05) is 31.1 Å². The van der Waals surface area contributed by atoms with Crippen LogP contribution in [0.4, 0.5) is 0 Å². The maximum Gasteiger partial charge on any atom is 0.240 e. The molecule has 0 saturated carbocycles. The number of hydrogen-bond acceptors (Lipinski definition) is 4. The third-order valence-corrected chi connectivity index (χ3v) is 6.20. The molecule has 0 aliphatic heterocycles. The first-order valence-electron chi connectivity index (χ1n) is 7.77. The summed E-state index contributed by atoms with van der Waals surface area (Å²) in [5.41, 5.74) is 2.43. The Morgan fingerprint density at radius 3 is 2.33 bits per heavy atom. The highest BCUT2D eigenvalue weighted by atomic mass is 32.2. The van der Waals surface area contributed by atoms with Gasteiger partial charge in [-0.25, -0.2) is 13.1 Å². The number of hydrogen-bond donors (Lipinski definition) is 1. The van der Waals surface area contributed by atoms with Crippen LogP contribution in [0, 0.1) is 13.8 Å². The van der Waals surface area contributed by atoms with Gasteiger partial charge in [-0.1, -0.05) is 23.9 Å². The lowest BCUT2D eigenvalue weighted by Crippen LogP contribution is -2.31. The van der Waals surface area contributed by atoms with Crippen molar-refractivity contribution in [3.05, 3.63) is 53.6 Å². The molecule has 2 aromatic rings. The van der Waals surface area contributed by atoms with Crippen molar-refractivity contribution in [1.29, 1.82) is 0 Å². The van der Waals surface area contributed by atoms with Gasteiger partial charge in [0.05, 0.1) is 4.90 Å². The highest BCUT2D eigenvalue weighted by Gasteiger charge is 2.13. The lowest BCUT2D eigenvalue weighted by atomic mass is 10.2. The van der Waals surface area contributed by atoms with Crippen LogP contribution in [0.1, 0.15) is 11.1 Å². The first kappa shape index (κ1) is 19.0. The van der Waals surface area contributed by atoms with Crippen molar-refractivity contribution >= 4 is 21.8 Å². The van der Waals surface area contributed by atoms with Crippen molar-refractivity contribution in [2.24, 2.45) is 0 Å². The van der Waals surface area contributed by atoms with Crippen molar-refractivity contribution in [3.63, 3.8) is 0 Å². The molecule has 0 unspecified atom stereocenters. The molecule has 0 radical (unpaired) electrons. The fourth-order valence-electron chi connectivity index (χ4n) is 2.12. The summed E-state index contributed by atoms with van der Waals surface area (Å²) in [6, 6.07) is 13.4. The average molecular weight is 365 g/mol. The second kappa shape index (κ2) is 8.16. The summed E-state index contributed by atoms with van der Waals surface area (Å²) >= 11 is 1.65. The van der Waals surface area contributed by atoms with E-state index in [-0.39, 0.29) is 0 Å². The molecule has 0 spiro atoms. The number of nitrogens with one attached hydrogen (secondary N) is 1. The summed E-state index contributed by atoms with van der Waals surface area (Å²) in [4.78, 5) is 4.45. The largest absolute Gasteiger partial charge is 0.308 e. The van der Waals surface area contributed by atoms with Gasteiger partial charge in [-0.3, -0.25) is 0 Å². The maximum atomic E-state index is 12.2. The second-order valence-electron chi connectivity index (χ2n) is 6.04. The minimum absolute atomic E-state index is 0.298. The van der Waals surface area contributed by atoms with Crippen molar-refractivity contribution in [2.45, 2.75) is 28.5 Å². The Kier molecular flexibility index (Phi) is 6.46. The number of rotatable bonds is 7. The summed E-state index contributed by atoms with van der Waals surface area (Å²) in [5, 5.41) is 0. The summed E-state index contributed by atoms with van der Waals surface area (Å²) < 4.78 is 27.1. The standard InChI is InChI=1S/C18H24N2O2S2/c1-14-5-6-15(2)18(13-14)23-16-7-9-17(10-8-16)24(21,22)19-11-12-20(3)4/h5-10,13,19H,11-12H2,1-4H3. The monoisotopic (exact) mass is 364 g/mol. The summed E-state index contributed by atoms with van der Waals surface area (Å²) in [7, 11) is 0.374. The van der Waals surface area contributed by atoms with Crippen LogP contribution in [0.25, 0.3) is 0 Å². The number of sulfonamides is 1. The SMILES string of the molecule is Cc1ccc(C)c(Sc2ccc(S(=O)(=O)NCCN(C)C)cc2)c1. The summed E-state index contributed by atoms with van der Waals surface area (Å²) in [5.74, 6) is 0. The molecule has 0 aromatic heterocycles. The zero-order chi connectivity index (χ0) is 17.7. The minimum Gasteiger partial charge on any atom is -0.308 e. The van der Waals surface area contributed by atoms with Gasteiger partial charge in [-0.2, -0.15) is 0 Å². The third-order valence-electron chi connectivity index (χ3n) is 3.56. The second-order valence-corrected chi connectivity index (χ2v) is 8.93. The number of likely N-dealkylation sites (N-methyl/N-ethyl adjacent to an activating group) is 1. The Morgan fingerprint density at radius 2 is 1.71 bits per heavy atom. The van der Waals surface area contributed by atoms with Gasteiger partial charge >= 0.3 is 0 Å². The molecule has 0 fully saturated rings. The quantitative estimate of drug-likeness (QED) is 0.819. The van der Waals surface area contributed by atoms with E-state index in [9.17, 15) is 8.42 Å². The molecule has 4 nitrogen and oxygen atoms in total. The van der Waals surface area contributed by atoms with Gasteiger partial charge in [-0.15, -0.1) is 0 Å². The molecule has 2 aromatic carbocycles. The number of nitrogens with zero attached hydrogens (tertiary/aromatic N) is 1. The smallest absolute Gasteiger partial charge is 0.240 e. The summed E-state index contributed by atoms with van der Waals surface area (Å²) in [6.07, 6.45) is 0. The molecular weight excluding hydrogens is 340 g/mol. The molecule has 2 rings (SSSR count). The van der Waals surface area contributed by atoms with Crippen LogP contribution in [-0.2, 0) is 10.0 Å². The molecule has 130 valence electrons. The zero-order valence-electron chi connectivity index (χ0n) is 14.5. The first-order chi connectivity index (χ1) is 11.3. The van der Waals surface area contributed by atoms with Crippen molar-refractivity contribution in [2.75, 3.05) is 27.2 Å². The predicted molar refractivity (Wildman–Crippen MR) is 100 cm³/mol. The van der Waals surface area contributed by atoms with E-state index < -0.39 is 10.0 Å². The molecule has 1 N–H and O–H groups in total. The van der Waals surface area contributed by atoms with Crippen LogP contribution in [0.3, 0.4) is 0 Å². The van der Waals surface area contributed by atoms with Gasteiger partial charge in [0.1, 0.15) is 0 Å². The summed E-state index contributed by atoms with van der Waals surface area (Å²) in [6.45, 7) is 5.21. The van der Waals surface area contributed by atoms with E-state index in [1.54, 1.807) is 23.9 Å². The fourth-order valence-corrected chi connectivity index (χ4v) is 4.14. The van der Waals surface area contributed by atoms with E-state index in [0.29, 0.717) is 18.0 Å². The molecule has 0 bridgehead atoms. The van der Waals surface area contributed by atoms with Crippen molar-refractivity contribution < 1.29 is 8.42 Å². The van der Waals surface area contributed by atoms with Crippen molar-refractivity contribution in [3.8, 4) is 0 Å². The lowest BCUT2D eigenvalue weighted by Gasteiger charge is -2.11. The van der Waals surface area contributed by atoms with Crippen molar-refractivity contribution in [1.82, 2.24) is 9.62 Å². The molecular formula is C18H24N2O2S2. The van der Waals surface area contributed by atoms with Gasteiger partial charge in [0.15, 0.2) is 0 Å². The maximum absolute atomic E-state index is 12.2. The number of aryl methyl sites for hydroxylation is 2. The molecule has 0 aliphatic carbocycles. The van der Waals surface area contributed by atoms with Crippen LogP contribution in [0.15, 0.2) is 57.2 Å². The Morgan fingerprint density at radius 1 is 1.04 bits per heavy atom. The van der Waals surface area contributed by atoms with Crippen LogP contribution in [-0.4, -0.2) is 40.5 Å². The van der Waals surface area contributed by atoms with Gasteiger partial charge < -0.3 is 4.90 Å². The van der Waals surface area contributed by atoms with E-state index >= 15 is 0 Å². The number of benzene rings is 2. The van der Waals surface area contributed by atoms with Gasteiger partial charge in [0.2, 0.25) is 10.0 Å². The zero-order valence-corrected chi connectivity index (χ0v) is 16.2. The van der Waals surface area contributed by atoms with Crippen LogP contribution < -0.4 is 4.72 Å². The first-order valence-corrected chi connectivity index (χ1v) is 10.1. The Labute approximate surface area is 149 Å². The van der Waals surface area contributed by atoms with E-state index in [4.69, 9.17) is 0 Å². The highest BCUT2D eigenvalue weighted by molar-refractivity contribution is 7.99. The van der Waals surface area contributed by atoms with Crippen LogP contribution >= 0.6 is 11.8 Å². The van der Waals surface area contributed by atoms with E-state index in [0.717, 1.165) is 4.90 Å². The Bertz CT molecular complexity index is 785. The van der Waals surface area contributed by atoms with E-state index in [1.165, 1.54) is 16.0 Å². The lowest BCUT2D eigenvalue weighted by molar-refractivity contribution is 0.412. The predicted octanol–water partition coefficient (Wildman–Crippen LogP) is 3.29. The normalized spacial score (nSPS) is 11.9.